The first-order valence-electron chi connectivity index (χ1n) is 7.86. The molecule has 2 amide bonds. The van der Waals surface area contributed by atoms with Crippen molar-refractivity contribution in [2.45, 2.75) is 6.92 Å². The van der Waals surface area contributed by atoms with Crippen molar-refractivity contribution in [3.8, 4) is 5.75 Å². The lowest BCUT2D eigenvalue weighted by atomic mass is 10.3. The number of carbonyl (C=O) groups is 2. The molecule has 0 aliphatic heterocycles. The molecule has 1 aromatic carbocycles. The highest BCUT2D eigenvalue weighted by Crippen LogP contribution is 2.24. The van der Waals surface area contributed by atoms with Crippen LogP contribution >= 0.6 is 11.3 Å². The van der Waals surface area contributed by atoms with Gasteiger partial charge in [0, 0.05) is 18.1 Å². The Bertz CT molecular complexity index is 894. The number of amides is 2. The van der Waals surface area contributed by atoms with E-state index in [2.05, 4.69) is 20.6 Å². The van der Waals surface area contributed by atoms with Crippen LogP contribution in [0.15, 0.2) is 54.3 Å². The standard InChI is InChI=1S/C18H16N4O3S/c1-2-25-13-5-3-12(4-6-13)21-18(24)16-14(7-10-26-16)22-17(23)15-11-19-8-9-20-15/h3-11H,2H2,1H3,(H,21,24)(H,22,23). The van der Waals surface area contributed by atoms with Crippen LogP contribution in [-0.2, 0) is 0 Å². The molecule has 0 saturated heterocycles. The number of nitrogens with zero attached hydrogens (tertiary/aromatic N) is 2. The average Bonchev–Trinajstić information content (AvgIpc) is 3.12. The third-order valence-electron chi connectivity index (χ3n) is 3.34. The van der Waals surface area contributed by atoms with Gasteiger partial charge in [0.05, 0.1) is 18.5 Å². The smallest absolute Gasteiger partial charge is 0.275 e. The second-order valence-corrected chi connectivity index (χ2v) is 6.04. The number of ether oxygens (including phenoxy) is 1. The van der Waals surface area contributed by atoms with Gasteiger partial charge < -0.3 is 15.4 Å². The van der Waals surface area contributed by atoms with Crippen molar-refractivity contribution in [3.63, 3.8) is 0 Å². The highest BCUT2D eigenvalue weighted by atomic mass is 32.1. The topological polar surface area (TPSA) is 93.2 Å². The SMILES string of the molecule is CCOc1ccc(NC(=O)c2sccc2NC(=O)c2cnccn2)cc1. The van der Waals surface area contributed by atoms with Gasteiger partial charge >= 0.3 is 0 Å². The zero-order valence-electron chi connectivity index (χ0n) is 13.9. The molecule has 0 spiro atoms. The summed E-state index contributed by atoms with van der Waals surface area (Å²) in [5.74, 6) is 0.00349. The summed E-state index contributed by atoms with van der Waals surface area (Å²) >= 11 is 1.24. The summed E-state index contributed by atoms with van der Waals surface area (Å²) in [4.78, 5) is 32.9. The van der Waals surface area contributed by atoms with Gasteiger partial charge in [0.15, 0.2) is 0 Å². The van der Waals surface area contributed by atoms with Crippen LogP contribution in [0.2, 0.25) is 0 Å². The predicted octanol–water partition coefficient (Wildman–Crippen LogP) is 3.44. The Labute approximate surface area is 154 Å². The van der Waals surface area contributed by atoms with Gasteiger partial charge in [0.1, 0.15) is 16.3 Å². The zero-order chi connectivity index (χ0) is 18.4. The van der Waals surface area contributed by atoms with Crippen LogP contribution in [0.5, 0.6) is 5.75 Å². The normalized spacial score (nSPS) is 10.2. The van der Waals surface area contributed by atoms with Crippen molar-refractivity contribution in [1.29, 1.82) is 0 Å². The van der Waals surface area contributed by atoms with E-state index < -0.39 is 5.91 Å². The molecule has 3 aromatic rings. The lowest BCUT2D eigenvalue weighted by Gasteiger charge is -2.08. The van der Waals surface area contributed by atoms with Crippen LogP contribution < -0.4 is 15.4 Å². The molecule has 8 heteroatoms. The molecule has 3 rings (SSSR count). The second kappa shape index (κ2) is 8.21. The molecule has 2 aromatic heterocycles. The van der Waals surface area contributed by atoms with E-state index in [0.717, 1.165) is 5.75 Å². The molecular weight excluding hydrogens is 352 g/mol. The van der Waals surface area contributed by atoms with Crippen molar-refractivity contribution in [2.75, 3.05) is 17.2 Å². The number of anilines is 2. The number of aromatic nitrogens is 2. The van der Waals surface area contributed by atoms with Crippen LogP contribution in [0.4, 0.5) is 11.4 Å². The minimum Gasteiger partial charge on any atom is -0.494 e. The number of thiophene rings is 1. The number of nitrogens with one attached hydrogen (secondary N) is 2. The Balaban J connectivity index is 1.69. The minimum atomic E-state index is -0.424. The summed E-state index contributed by atoms with van der Waals surface area (Å²) in [5, 5.41) is 7.23. The van der Waals surface area contributed by atoms with E-state index in [4.69, 9.17) is 4.74 Å². The van der Waals surface area contributed by atoms with E-state index in [-0.39, 0.29) is 11.6 Å². The number of rotatable bonds is 6. The third kappa shape index (κ3) is 4.22. The van der Waals surface area contributed by atoms with Crippen LogP contribution in [-0.4, -0.2) is 28.4 Å². The van der Waals surface area contributed by atoms with Gasteiger partial charge in [-0.15, -0.1) is 11.3 Å². The van der Waals surface area contributed by atoms with Crippen LogP contribution in [0.25, 0.3) is 0 Å². The summed E-state index contributed by atoms with van der Waals surface area (Å²) in [6, 6.07) is 8.75. The molecule has 0 bridgehead atoms. The lowest BCUT2D eigenvalue weighted by Crippen LogP contribution is -2.17. The molecule has 0 fully saturated rings. The van der Waals surface area contributed by atoms with Gasteiger partial charge in [-0.3, -0.25) is 14.6 Å². The van der Waals surface area contributed by atoms with Crippen LogP contribution in [0.3, 0.4) is 0 Å². The van der Waals surface area contributed by atoms with E-state index in [0.29, 0.717) is 22.9 Å². The lowest BCUT2D eigenvalue weighted by molar-refractivity contribution is 0.102. The molecule has 26 heavy (non-hydrogen) atoms. The summed E-state index contributed by atoms with van der Waals surface area (Å²) in [6.07, 6.45) is 4.28. The first-order chi connectivity index (χ1) is 12.7. The molecule has 0 radical (unpaired) electrons. The van der Waals surface area contributed by atoms with Crippen molar-refractivity contribution in [2.24, 2.45) is 0 Å². The highest BCUT2D eigenvalue weighted by Gasteiger charge is 2.17. The van der Waals surface area contributed by atoms with E-state index in [1.165, 1.54) is 29.9 Å². The zero-order valence-corrected chi connectivity index (χ0v) is 14.7. The van der Waals surface area contributed by atoms with Crippen LogP contribution in [0.1, 0.15) is 27.1 Å². The Hall–Kier alpha value is -3.26. The number of carbonyl (C=O) groups excluding carboxylic acids is 2. The highest BCUT2D eigenvalue weighted by molar-refractivity contribution is 7.12. The summed E-state index contributed by atoms with van der Waals surface area (Å²) in [5.41, 5.74) is 1.24. The first kappa shape index (κ1) is 17.6. The molecule has 0 saturated carbocycles. The molecular formula is C18H16N4O3S. The fraction of sp³-hybridized carbons (Fsp3) is 0.111. The van der Waals surface area contributed by atoms with Gasteiger partial charge in [0.2, 0.25) is 0 Å². The molecule has 2 heterocycles. The molecule has 132 valence electrons. The monoisotopic (exact) mass is 368 g/mol. The summed E-state index contributed by atoms with van der Waals surface area (Å²) in [7, 11) is 0. The van der Waals surface area contributed by atoms with Crippen molar-refractivity contribution < 1.29 is 14.3 Å². The van der Waals surface area contributed by atoms with Crippen LogP contribution in [0, 0.1) is 0 Å². The molecule has 0 atom stereocenters. The number of benzene rings is 1. The maximum atomic E-state index is 12.5. The first-order valence-corrected chi connectivity index (χ1v) is 8.74. The Kier molecular flexibility index (Phi) is 5.55. The summed E-state index contributed by atoms with van der Waals surface area (Å²) < 4.78 is 5.37. The van der Waals surface area contributed by atoms with E-state index in [1.54, 1.807) is 35.7 Å². The van der Waals surface area contributed by atoms with Crippen molar-refractivity contribution in [3.05, 3.63) is 64.9 Å². The molecule has 0 unspecified atom stereocenters. The molecule has 0 aliphatic rings. The van der Waals surface area contributed by atoms with Gasteiger partial charge in [-0.05, 0) is 42.6 Å². The average molecular weight is 368 g/mol. The maximum Gasteiger partial charge on any atom is 0.275 e. The van der Waals surface area contributed by atoms with Gasteiger partial charge in [-0.25, -0.2) is 4.98 Å². The largest absolute Gasteiger partial charge is 0.494 e. The van der Waals surface area contributed by atoms with E-state index in [1.807, 2.05) is 6.92 Å². The molecule has 7 nitrogen and oxygen atoms in total. The number of hydrogen-bond donors (Lipinski definition) is 2. The van der Waals surface area contributed by atoms with E-state index in [9.17, 15) is 9.59 Å². The quantitative estimate of drug-likeness (QED) is 0.695. The minimum absolute atomic E-state index is 0.177. The Morgan fingerprint density at radius 3 is 2.58 bits per heavy atom. The Morgan fingerprint density at radius 1 is 1.08 bits per heavy atom. The molecule has 2 N–H and O–H groups in total. The second-order valence-electron chi connectivity index (χ2n) is 5.12. The fourth-order valence-electron chi connectivity index (χ4n) is 2.18. The Morgan fingerprint density at radius 2 is 1.88 bits per heavy atom. The summed E-state index contributed by atoms with van der Waals surface area (Å²) in [6.45, 7) is 2.49. The van der Waals surface area contributed by atoms with Gasteiger partial charge in [0.25, 0.3) is 11.8 Å². The number of hydrogen-bond acceptors (Lipinski definition) is 6. The molecule has 0 aliphatic carbocycles. The van der Waals surface area contributed by atoms with Crippen molar-refractivity contribution in [1.82, 2.24) is 9.97 Å². The predicted molar refractivity (Wildman–Crippen MR) is 99.9 cm³/mol. The third-order valence-corrected chi connectivity index (χ3v) is 4.25. The van der Waals surface area contributed by atoms with E-state index >= 15 is 0 Å². The maximum absolute atomic E-state index is 12.5. The van der Waals surface area contributed by atoms with Gasteiger partial charge in [-0.1, -0.05) is 0 Å². The fourth-order valence-corrected chi connectivity index (χ4v) is 2.92. The van der Waals surface area contributed by atoms with Crippen molar-refractivity contribution >= 4 is 34.5 Å². The van der Waals surface area contributed by atoms with Gasteiger partial charge in [-0.2, -0.15) is 0 Å².